The van der Waals surface area contributed by atoms with Crippen molar-refractivity contribution in [3.05, 3.63) is 51.8 Å². The van der Waals surface area contributed by atoms with E-state index < -0.39 is 6.10 Å². The standard InChI is InChI=1S/C17H22ClN3O2/c1-11-13(12(2)21(3)20-11)8-9-17(23)19-10-16(22)14-6-4-5-7-15(14)18/h4-7,16,22H,8-10H2,1-3H3,(H,19,23)/t16-/m1/s1. The van der Waals surface area contributed by atoms with E-state index in [0.29, 0.717) is 23.4 Å². The summed E-state index contributed by atoms with van der Waals surface area (Å²) in [6.07, 6.45) is 0.191. The first-order valence-electron chi connectivity index (χ1n) is 7.58. The van der Waals surface area contributed by atoms with E-state index in [-0.39, 0.29) is 12.5 Å². The van der Waals surface area contributed by atoms with Crippen LogP contribution in [0.25, 0.3) is 0 Å². The van der Waals surface area contributed by atoms with E-state index in [4.69, 9.17) is 11.6 Å². The van der Waals surface area contributed by atoms with Crippen LogP contribution < -0.4 is 5.32 Å². The van der Waals surface area contributed by atoms with Crippen LogP contribution in [0.5, 0.6) is 0 Å². The van der Waals surface area contributed by atoms with Crippen molar-refractivity contribution in [1.82, 2.24) is 15.1 Å². The monoisotopic (exact) mass is 335 g/mol. The Hall–Kier alpha value is -1.85. The number of nitrogens with zero attached hydrogens (tertiary/aromatic N) is 2. The number of aliphatic hydroxyl groups excluding tert-OH is 1. The predicted molar refractivity (Wildman–Crippen MR) is 90.4 cm³/mol. The highest BCUT2D eigenvalue weighted by Crippen LogP contribution is 2.22. The summed E-state index contributed by atoms with van der Waals surface area (Å²) in [7, 11) is 1.89. The van der Waals surface area contributed by atoms with E-state index in [1.807, 2.05) is 25.6 Å². The van der Waals surface area contributed by atoms with Crippen molar-refractivity contribution in [2.75, 3.05) is 6.54 Å². The SMILES string of the molecule is Cc1nn(C)c(C)c1CCC(=O)NC[C@@H](O)c1ccccc1Cl. The normalized spacial score (nSPS) is 12.2. The van der Waals surface area contributed by atoms with Gasteiger partial charge in [-0.1, -0.05) is 29.8 Å². The molecule has 1 aromatic carbocycles. The van der Waals surface area contributed by atoms with Crippen LogP contribution >= 0.6 is 11.6 Å². The number of halogens is 1. The van der Waals surface area contributed by atoms with Gasteiger partial charge < -0.3 is 10.4 Å². The maximum absolute atomic E-state index is 12.0. The lowest BCUT2D eigenvalue weighted by Crippen LogP contribution is -2.28. The Morgan fingerprint density at radius 3 is 2.70 bits per heavy atom. The highest BCUT2D eigenvalue weighted by Gasteiger charge is 2.14. The number of carbonyl (C=O) groups is 1. The number of aromatic nitrogens is 2. The van der Waals surface area contributed by atoms with Gasteiger partial charge in [-0.15, -0.1) is 0 Å². The molecule has 2 rings (SSSR count). The molecule has 1 heterocycles. The molecule has 0 spiro atoms. The van der Waals surface area contributed by atoms with E-state index in [2.05, 4.69) is 10.4 Å². The minimum Gasteiger partial charge on any atom is -0.387 e. The summed E-state index contributed by atoms with van der Waals surface area (Å²) < 4.78 is 1.82. The number of nitrogens with one attached hydrogen (secondary N) is 1. The van der Waals surface area contributed by atoms with E-state index in [9.17, 15) is 9.90 Å². The van der Waals surface area contributed by atoms with Gasteiger partial charge in [0.2, 0.25) is 5.91 Å². The average molecular weight is 336 g/mol. The highest BCUT2D eigenvalue weighted by molar-refractivity contribution is 6.31. The molecule has 0 aliphatic carbocycles. The van der Waals surface area contributed by atoms with Crippen molar-refractivity contribution in [2.24, 2.45) is 7.05 Å². The molecular formula is C17H22ClN3O2. The molecule has 5 nitrogen and oxygen atoms in total. The quantitative estimate of drug-likeness (QED) is 0.852. The van der Waals surface area contributed by atoms with Gasteiger partial charge in [-0.25, -0.2) is 0 Å². The predicted octanol–water partition coefficient (Wildman–Crippen LogP) is 2.47. The van der Waals surface area contributed by atoms with Gasteiger partial charge in [-0.05, 0) is 31.9 Å². The van der Waals surface area contributed by atoms with E-state index in [1.165, 1.54) is 0 Å². The third-order valence-corrected chi connectivity index (χ3v) is 4.36. The van der Waals surface area contributed by atoms with Gasteiger partial charge in [-0.3, -0.25) is 9.48 Å². The van der Waals surface area contributed by atoms with Crippen molar-refractivity contribution in [2.45, 2.75) is 32.8 Å². The first-order chi connectivity index (χ1) is 10.9. The van der Waals surface area contributed by atoms with Crippen LogP contribution in [-0.2, 0) is 18.3 Å². The molecule has 2 aromatic rings. The van der Waals surface area contributed by atoms with Gasteiger partial charge in [0.25, 0.3) is 0 Å². The molecule has 1 atom stereocenters. The van der Waals surface area contributed by atoms with Crippen molar-refractivity contribution in [3.63, 3.8) is 0 Å². The summed E-state index contributed by atoms with van der Waals surface area (Å²) in [5.74, 6) is -0.0984. The lowest BCUT2D eigenvalue weighted by molar-refractivity contribution is -0.121. The Balaban J connectivity index is 1.85. The number of aryl methyl sites for hydroxylation is 2. The van der Waals surface area contributed by atoms with E-state index >= 15 is 0 Å². The molecule has 1 aromatic heterocycles. The number of carbonyl (C=O) groups excluding carboxylic acids is 1. The number of rotatable bonds is 6. The fourth-order valence-corrected chi connectivity index (χ4v) is 2.83. The molecule has 124 valence electrons. The number of hydrogen-bond acceptors (Lipinski definition) is 3. The molecule has 0 saturated heterocycles. The second kappa shape index (κ2) is 7.62. The molecule has 0 aliphatic heterocycles. The van der Waals surface area contributed by atoms with Crippen molar-refractivity contribution in [3.8, 4) is 0 Å². The maximum Gasteiger partial charge on any atom is 0.220 e. The van der Waals surface area contributed by atoms with Gasteiger partial charge in [0.15, 0.2) is 0 Å². The number of benzene rings is 1. The Morgan fingerprint density at radius 1 is 1.39 bits per heavy atom. The minimum atomic E-state index is -0.811. The number of hydrogen-bond donors (Lipinski definition) is 2. The van der Waals surface area contributed by atoms with Crippen LogP contribution in [0.3, 0.4) is 0 Å². The van der Waals surface area contributed by atoms with Gasteiger partial charge >= 0.3 is 0 Å². The maximum atomic E-state index is 12.0. The van der Waals surface area contributed by atoms with Crippen LogP contribution in [0.2, 0.25) is 5.02 Å². The van der Waals surface area contributed by atoms with Gasteiger partial charge in [0, 0.05) is 36.3 Å². The number of aliphatic hydroxyl groups is 1. The fraction of sp³-hybridized carbons (Fsp3) is 0.412. The van der Waals surface area contributed by atoms with Gasteiger partial charge in [0.05, 0.1) is 11.8 Å². The highest BCUT2D eigenvalue weighted by atomic mass is 35.5. The summed E-state index contributed by atoms with van der Waals surface area (Å²) in [6.45, 7) is 4.09. The third-order valence-electron chi connectivity index (χ3n) is 4.02. The lowest BCUT2D eigenvalue weighted by atomic mass is 10.1. The topological polar surface area (TPSA) is 67.2 Å². The fourth-order valence-electron chi connectivity index (χ4n) is 2.57. The van der Waals surface area contributed by atoms with Gasteiger partial charge in [-0.2, -0.15) is 5.10 Å². The van der Waals surface area contributed by atoms with Crippen molar-refractivity contribution >= 4 is 17.5 Å². The largest absolute Gasteiger partial charge is 0.387 e. The van der Waals surface area contributed by atoms with E-state index in [0.717, 1.165) is 17.0 Å². The zero-order valence-corrected chi connectivity index (χ0v) is 14.4. The third kappa shape index (κ3) is 4.33. The smallest absolute Gasteiger partial charge is 0.220 e. The molecule has 0 bridgehead atoms. The molecule has 0 unspecified atom stereocenters. The average Bonchev–Trinajstić information content (AvgIpc) is 2.76. The van der Waals surface area contributed by atoms with Crippen molar-refractivity contribution < 1.29 is 9.90 Å². The second-order valence-corrected chi connectivity index (χ2v) is 6.02. The zero-order valence-electron chi connectivity index (χ0n) is 13.6. The van der Waals surface area contributed by atoms with Crippen LogP contribution in [0.1, 0.15) is 35.0 Å². The zero-order chi connectivity index (χ0) is 17.0. The molecular weight excluding hydrogens is 314 g/mol. The Morgan fingerprint density at radius 2 is 2.09 bits per heavy atom. The molecule has 2 N–H and O–H groups in total. The molecule has 6 heteroatoms. The minimum absolute atomic E-state index is 0.0984. The first-order valence-corrected chi connectivity index (χ1v) is 7.96. The summed E-state index contributed by atoms with van der Waals surface area (Å²) in [5, 5.41) is 17.7. The Bertz CT molecular complexity index is 697. The Kier molecular flexibility index (Phi) is 5.80. The molecule has 0 saturated carbocycles. The summed E-state index contributed by atoms with van der Waals surface area (Å²) in [6, 6.07) is 7.08. The summed E-state index contributed by atoms with van der Waals surface area (Å²) >= 11 is 6.03. The van der Waals surface area contributed by atoms with Crippen LogP contribution in [0.15, 0.2) is 24.3 Å². The number of amides is 1. The lowest BCUT2D eigenvalue weighted by Gasteiger charge is -2.13. The van der Waals surface area contributed by atoms with Crippen LogP contribution in [0, 0.1) is 13.8 Å². The molecule has 0 radical (unpaired) electrons. The molecule has 1 amide bonds. The summed E-state index contributed by atoms with van der Waals surface area (Å²) in [4.78, 5) is 12.0. The van der Waals surface area contributed by atoms with E-state index in [1.54, 1.807) is 24.3 Å². The first kappa shape index (κ1) is 17.5. The summed E-state index contributed by atoms with van der Waals surface area (Å²) in [5.41, 5.74) is 3.75. The molecule has 23 heavy (non-hydrogen) atoms. The van der Waals surface area contributed by atoms with Gasteiger partial charge in [0.1, 0.15) is 0 Å². The van der Waals surface area contributed by atoms with Crippen molar-refractivity contribution in [1.29, 1.82) is 0 Å². The second-order valence-electron chi connectivity index (χ2n) is 5.61. The Labute approximate surface area is 141 Å². The van der Waals surface area contributed by atoms with Crippen LogP contribution in [-0.4, -0.2) is 27.3 Å². The van der Waals surface area contributed by atoms with Crippen LogP contribution in [0.4, 0.5) is 0 Å². The molecule has 0 aliphatic rings. The molecule has 0 fully saturated rings.